The summed E-state index contributed by atoms with van der Waals surface area (Å²) in [6.45, 7) is 1.95. The van der Waals surface area contributed by atoms with E-state index in [0.717, 1.165) is 27.5 Å². The molecular weight excluding hydrogens is 328 g/mol. The number of aromatic nitrogens is 2. The van der Waals surface area contributed by atoms with Crippen molar-refractivity contribution in [3.05, 3.63) is 54.1 Å². The highest BCUT2D eigenvalue weighted by molar-refractivity contribution is 7.99. The van der Waals surface area contributed by atoms with Crippen LogP contribution >= 0.6 is 11.8 Å². The van der Waals surface area contributed by atoms with Gasteiger partial charge in [-0.25, -0.2) is 13.4 Å². The second kappa shape index (κ2) is 5.39. The number of fused-ring (bicyclic) bond motifs is 3. The van der Waals surface area contributed by atoms with Gasteiger partial charge in [0.15, 0.2) is 15.0 Å². The van der Waals surface area contributed by atoms with Crippen LogP contribution in [0.15, 0.2) is 58.6 Å². The molecule has 0 saturated heterocycles. The molecule has 1 aromatic heterocycles. The minimum Gasteiger partial charge on any atom is -0.314 e. The molecule has 0 amide bonds. The highest BCUT2D eigenvalue weighted by Gasteiger charge is 2.31. The molecule has 1 atom stereocenters. The number of hydrogen-bond donors (Lipinski definition) is 0. The fraction of sp³-hybridized carbons (Fsp3) is 0.235. The fourth-order valence-electron chi connectivity index (χ4n) is 2.94. The van der Waals surface area contributed by atoms with Crippen molar-refractivity contribution in [1.82, 2.24) is 9.55 Å². The quantitative estimate of drug-likeness (QED) is 0.730. The Kier molecular flexibility index (Phi) is 3.46. The number of imidazole rings is 1. The third-order valence-corrected chi connectivity index (χ3v) is 7.04. The summed E-state index contributed by atoms with van der Waals surface area (Å²) in [5, 5.41) is 0.912. The lowest BCUT2D eigenvalue weighted by molar-refractivity contribution is 0.559. The predicted octanol–water partition coefficient (Wildman–Crippen LogP) is 3.47. The molecule has 0 bridgehead atoms. The standard InChI is InChI=1S/C17H16N2O2S2/c1-12-6-8-14(9-7-12)23(20,21)11-13-10-22-17-18-15-4-2-3-5-16(15)19(13)17/h2-9,13H,10-11H2,1H3/t13-/m1/s1. The van der Waals surface area contributed by atoms with E-state index in [2.05, 4.69) is 9.55 Å². The second-order valence-electron chi connectivity index (χ2n) is 5.81. The summed E-state index contributed by atoms with van der Waals surface area (Å²) in [5.41, 5.74) is 2.99. The number of thioether (sulfide) groups is 1. The van der Waals surface area contributed by atoms with Crippen molar-refractivity contribution in [1.29, 1.82) is 0 Å². The van der Waals surface area contributed by atoms with E-state index >= 15 is 0 Å². The lowest BCUT2D eigenvalue weighted by atomic mass is 10.2. The number of sulfone groups is 1. The third-order valence-electron chi connectivity index (χ3n) is 4.13. The van der Waals surface area contributed by atoms with Gasteiger partial charge < -0.3 is 4.57 Å². The Bertz CT molecular complexity index is 976. The first kappa shape index (κ1) is 14.8. The minimum atomic E-state index is -3.31. The van der Waals surface area contributed by atoms with Gasteiger partial charge in [-0.05, 0) is 31.2 Å². The van der Waals surface area contributed by atoms with E-state index in [4.69, 9.17) is 0 Å². The molecule has 1 aliphatic rings. The zero-order valence-corrected chi connectivity index (χ0v) is 14.3. The van der Waals surface area contributed by atoms with Crippen LogP contribution in [0.3, 0.4) is 0 Å². The number of hydrogen-bond acceptors (Lipinski definition) is 4. The van der Waals surface area contributed by atoms with E-state index in [0.29, 0.717) is 4.90 Å². The van der Waals surface area contributed by atoms with E-state index in [9.17, 15) is 8.42 Å². The normalized spacial score (nSPS) is 17.5. The highest BCUT2D eigenvalue weighted by atomic mass is 32.2. The molecule has 118 valence electrons. The van der Waals surface area contributed by atoms with Crippen LogP contribution in [0.2, 0.25) is 0 Å². The molecule has 4 nitrogen and oxygen atoms in total. The monoisotopic (exact) mass is 344 g/mol. The van der Waals surface area contributed by atoms with E-state index in [1.54, 1.807) is 23.9 Å². The number of rotatable bonds is 3. The summed E-state index contributed by atoms with van der Waals surface area (Å²) in [5.74, 6) is 0.856. The Morgan fingerprint density at radius 1 is 1.17 bits per heavy atom. The summed E-state index contributed by atoms with van der Waals surface area (Å²) < 4.78 is 27.5. The topological polar surface area (TPSA) is 52.0 Å². The van der Waals surface area contributed by atoms with Gasteiger partial charge in [-0.1, -0.05) is 41.6 Å². The molecule has 0 aliphatic carbocycles. The van der Waals surface area contributed by atoms with Crippen LogP contribution in [0.5, 0.6) is 0 Å². The third kappa shape index (κ3) is 2.56. The molecule has 0 N–H and O–H groups in total. The lowest BCUT2D eigenvalue weighted by Crippen LogP contribution is -2.19. The first-order chi connectivity index (χ1) is 11.0. The van der Waals surface area contributed by atoms with Gasteiger partial charge in [-0.3, -0.25) is 0 Å². The number of para-hydroxylation sites is 2. The zero-order valence-electron chi connectivity index (χ0n) is 12.6. The van der Waals surface area contributed by atoms with Crippen LogP contribution in [-0.4, -0.2) is 29.5 Å². The summed E-state index contributed by atoms with van der Waals surface area (Å²) >= 11 is 1.63. The Morgan fingerprint density at radius 2 is 1.91 bits per heavy atom. The maximum Gasteiger partial charge on any atom is 0.180 e. The molecule has 0 spiro atoms. The van der Waals surface area contributed by atoms with E-state index in [1.165, 1.54) is 0 Å². The van der Waals surface area contributed by atoms with Crippen LogP contribution in [0, 0.1) is 6.92 Å². The van der Waals surface area contributed by atoms with Crippen molar-refractivity contribution < 1.29 is 8.42 Å². The van der Waals surface area contributed by atoms with Crippen LogP contribution in [-0.2, 0) is 9.84 Å². The Balaban J connectivity index is 1.70. The van der Waals surface area contributed by atoms with Crippen molar-refractivity contribution in [3.63, 3.8) is 0 Å². The molecule has 0 radical (unpaired) electrons. The maximum atomic E-state index is 12.7. The largest absolute Gasteiger partial charge is 0.314 e. The van der Waals surface area contributed by atoms with Crippen LogP contribution in [0.1, 0.15) is 11.6 Å². The number of nitrogens with zero attached hydrogens (tertiary/aromatic N) is 2. The SMILES string of the molecule is Cc1ccc(S(=O)(=O)C[C@H]2CSc3nc4ccccc4n32)cc1. The Labute approximate surface area is 139 Å². The Morgan fingerprint density at radius 3 is 2.70 bits per heavy atom. The summed E-state index contributed by atoms with van der Waals surface area (Å²) in [6.07, 6.45) is 0. The molecule has 0 saturated carbocycles. The van der Waals surface area contributed by atoms with Crippen molar-refractivity contribution in [2.24, 2.45) is 0 Å². The average Bonchev–Trinajstić information content (AvgIpc) is 3.07. The van der Waals surface area contributed by atoms with Crippen molar-refractivity contribution >= 4 is 32.6 Å². The van der Waals surface area contributed by atoms with E-state index in [1.807, 2.05) is 43.3 Å². The summed E-state index contributed by atoms with van der Waals surface area (Å²) in [6, 6.07) is 14.9. The van der Waals surface area contributed by atoms with Crippen LogP contribution < -0.4 is 0 Å². The molecule has 2 aromatic carbocycles. The number of benzene rings is 2. The van der Waals surface area contributed by atoms with Gasteiger partial charge in [-0.2, -0.15) is 0 Å². The van der Waals surface area contributed by atoms with Crippen molar-refractivity contribution in [2.45, 2.75) is 23.0 Å². The lowest BCUT2D eigenvalue weighted by Gasteiger charge is -2.14. The first-order valence-corrected chi connectivity index (χ1v) is 10.1. The van der Waals surface area contributed by atoms with Gasteiger partial charge in [0.25, 0.3) is 0 Å². The molecule has 2 heterocycles. The molecule has 0 fully saturated rings. The molecule has 23 heavy (non-hydrogen) atoms. The predicted molar refractivity (Wildman–Crippen MR) is 92.7 cm³/mol. The second-order valence-corrected chi connectivity index (χ2v) is 8.83. The molecule has 1 aliphatic heterocycles. The maximum absolute atomic E-state index is 12.7. The first-order valence-electron chi connectivity index (χ1n) is 7.44. The summed E-state index contributed by atoms with van der Waals surface area (Å²) in [4.78, 5) is 4.98. The van der Waals surface area contributed by atoms with Gasteiger partial charge in [0, 0.05) is 5.75 Å². The van der Waals surface area contributed by atoms with Gasteiger partial charge in [0.05, 0.1) is 27.7 Å². The molecule has 6 heteroatoms. The van der Waals surface area contributed by atoms with Gasteiger partial charge in [0.1, 0.15) is 0 Å². The van der Waals surface area contributed by atoms with Crippen LogP contribution in [0.4, 0.5) is 0 Å². The minimum absolute atomic E-state index is 0.0753. The van der Waals surface area contributed by atoms with Crippen molar-refractivity contribution in [2.75, 3.05) is 11.5 Å². The average molecular weight is 344 g/mol. The van der Waals surface area contributed by atoms with Crippen LogP contribution in [0.25, 0.3) is 11.0 Å². The zero-order chi connectivity index (χ0) is 16.0. The molecule has 3 aromatic rings. The molecule has 0 unspecified atom stereocenters. The van der Waals surface area contributed by atoms with Gasteiger partial charge >= 0.3 is 0 Å². The Hall–Kier alpha value is -1.79. The van der Waals surface area contributed by atoms with Gasteiger partial charge in [-0.15, -0.1) is 0 Å². The highest BCUT2D eigenvalue weighted by Crippen LogP contribution is 2.37. The molecular formula is C17H16N2O2S2. The van der Waals surface area contributed by atoms with E-state index < -0.39 is 9.84 Å². The smallest absolute Gasteiger partial charge is 0.180 e. The fourth-order valence-corrected chi connectivity index (χ4v) is 5.76. The molecule has 4 rings (SSSR count). The van der Waals surface area contributed by atoms with Crippen molar-refractivity contribution in [3.8, 4) is 0 Å². The van der Waals surface area contributed by atoms with Gasteiger partial charge in [0.2, 0.25) is 0 Å². The summed E-state index contributed by atoms with van der Waals surface area (Å²) in [7, 11) is -3.31. The number of aryl methyl sites for hydroxylation is 1. The van der Waals surface area contributed by atoms with E-state index in [-0.39, 0.29) is 11.8 Å².